The van der Waals surface area contributed by atoms with Crippen molar-refractivity contribution in [2.75, 3.05) is 20.9 Å². The smallest absolute Gasteiger partial charge is 0.327 e. The van der Waals surface area contributed by atoms with Crippen molar-refractivity contribution in [1.82, 2.24) is 0 Å². The van der Waals surface area contributed by atoms with E-state index in [4.69, 9.17) is 13.8 Å². The van der Waals surface area contributed by atoms with Crippen molar-refractivity contribution in [1.29, 1.82) is 0 Å². The number of hydrogen-bond acceptors (Lipinski definition) is 5. The first kappa shape index (κ1) is 13.0. The van der Waals surface area contributed by atoms with Gasteiger partial charge in [-0.1, -0.05) is 6.07 Å². The second-order valence-corrected chi connectivity index (χ2v) is 5.40. The lowest BCUT2D eigenvalue weighted by atomic mass is 10.2. The fourth-order valence-electron chi connectivity index (χ4n) is 1.06. The quantitative estimate of drug-likeness (QED) is 0.808. The molecule has 0 aromatic heterocycles. The van der Waals surface area contributed by atoms with Crippen LogP contribution >= 0.6 is 7.60 Å². The van der Waals surface area contributed by atoms with Gasteiger partial charge in [-0.3, -0.25) is 4.57 Å². The van der Waals surface area contributed by atoms with Gasteiger partial charge in [0.15, 0.2) is 11.5 Å². The minimum absolute atomic E-state index is 0.0534. The number of rotatable bonds is 5. The Balaban J connectivity index is 2.72. The van der Waals surface area contributed by atoms with Crippen LogP contribution in [0.4, 0.5) is 0 Å². The maximum absolute atomic E-state index is 11.5. The number of phenolic OH excluding ortho intramolecular Hbond substituents is 1. The van der Waals surface area contributed by atoms with Crippen molar-refractivity contribution in [2.45, 2.75) is 6.61 Å². The van der Waals surface area contributed by atoms with Crippen LogP contribution in [0.2, 0.25) is 0 Å². The summed E-state index contributed by atoms with van der Waals surface area (Å²) in [5.41, 5.74) is 0.744. The first-order valence-corrected chi connectivity index (χ1v) is 6.61. The largest absolute Gasteiger partial charge is 0.504 e. The first-order valence-electron chi connectivity index (χ1n) is 4.62. The molecule has 0 saturated carbocycles. The van der Waals surface area contributed by atoms with Crippen LogP contribution in [0.1, 0.15) is 5.56 Å². The summed E-state index contributed by atoms with van der Waals surface area (Å²) in [6.07, 6.45) is 0. The minimum atomic E-state index is -2.98. The normalized spacial score (nSPS) is 14.4. The number of methoxy groups -OCH3 is 1. The van der Waals surface area contributed by atoms with Crippen LogP contribution in [0.25, 0.3) is 0 Å². The maximum atomic E-state index is 11.5. The van der Waals surface area contributed by atoms with E-state index in [2.05, 4.69) is 0 Å². The van der Waals surface area contributed by atoms with Gasteiger partial charge in [0.2, 0.25) is 0 Å². The standard InChI is InChI=1S/C10H15O5P/c1-13-10-6-8(4-5-9(10)11)7-15-16(3,12)14-2/h4-6,11H,7H2,1-3H3. The molecule has 0 spiro atoms. The molecule has 1 N–H and O–H groups in total. The molecule has 16 heavy (non-hydrogen) atoms. The molecule has 0 bridgehead atoms. The van der Waals surface area contributed by atoms with E-state index in [-0.39, 0.29) is 12.4 Å². The highest BCUT2D eigenvalue weighted by molar-refractivity contribution is 7.52. The number of ether oxygens (including phenoxy) is 1. The fraction of sp³-hybridized carbons (Fsp3) is 0.400. The summed E-state index contributed by atoms with van der Waals surface area (Å²) in [4.78, 5) is 0. The summed E-state index contributed by atoms with van der Waals surface area (Å²) in [6, 6.07) is 4.77. The molecule has 1 aromatic carbocycles. The summed E-state index contributed by atoms with van der Waals surface area (Å²) in [5, 5.41) is 9.36. The number of hydrogen-bond donors (Lipinski definition) is 1. The Kier molecular flexibility index (Phi) is 4.35. The molecule has 5 nitrogen and oxygen atoms in total. The molecule has 0 heterocycles. The van der Waals surface area contributed by atoms with Gasteiger partial charge in [0.05, 0.1) is 13.7 Å². The fourth-order valence-corrected chi connectivity index (χ4v) is 1.55. The first-order chi connectivity index (χ1) is 7.48. The van der Waals surface area contributed by atoms with Gasteiger partial charge in [0.25, 0.3) is 0 Å². The highest BCUT2D eigenvalue weighted by Crippen LogP contribution is 2.43. The van der Waals surface area contributed by atoms with E-state index in [1.165, 1.54) is 27.0 Å². The van der Waals surface area contributed by atoms with Crippen LogP contribution in [0.15, 0.2) is 18.2 Å². The second-order valence-electron chi connectivity index (χ2n) is 3.23. The Bertz CT molecular complexity index is 404. The zero-order valence-electron chi connectivity index (χ0n) is 9.47. The minimum Gasteiger partial charge on any atom is -0.504 e. The molecule has 1 aromatic rings. The van der Waals surface area contributed by atoms with E-state index < -0.39 is 7.60 Å². The van der Waals surface area contributed by atoms with Crippen LogP contribution < -0.4 is 4.74 Å². The van der Waals surface area contributed by atoms with Crippen LogP contribution in [0.5, 0.6) is 11.5 Å². The Hall–Kier alpha value is -1.03. The summed E-state index contributed by atoms with van der Waals surface area (Å²) in [5.74, 6) is 0.405. The molecule has 90 valence electrons. The Morgan fingerprint density at radius 1 is 1.38 bits per heavy atom. The van der Waals surface area contributed by atoms with Crippen LogP contribution in [0.3, 0.4) is 0 Å². The van der Waals surface area contributed by atoms with Gasteiger partial charge in [-0.2, -0.15) is 0 Å². The molecule has 0 amide bonds. The molecule has 1 unspecified atom stereocenters. The van der Waals surface area contributed by atoms with Gasteiger partial charge in [-0.05, 0) is 17.7 Å². The monoisotopic (exact) mass is 246 g/mol. The average Bonchev–Trinajstić information content (AvgIpc) is 2.28. The zero-order valence-corrected chi connectivity index (χ0v) is 10.4. The molecule has 0 aliphatic heterocycles. The van der Waals surface area contributed by atoms with Crippen molar-refractivity contribution in [2.24, 2.45) is 0 Å². The topological polar surface area (TPSA) is 65.0 Å². The summed E-state index contributed by atoms with van der Waals surface area (Å²) in [6.45, 7) is 1.53. The number of benzene rings is 1. The summed E-state index contributed by atoms with van der Waals surface area (Å²) < 4.78 is 26.2. The van der Waals surface area contributed by atoms with Gasteiger partial charge < -0.3 is 18.9 Å². The highest BCUT2D eigenvalue weighted by atomic mass is 31.2. The lowest BCUT2D eigenvalue weighted by Crippen LogP contribution is -1.93. The van der Waals surface area contributed by atoms with Gasteiger partial charge in [-0.25, -0.2) is 0 Å². The molecule has 6 heteroatoms. The van der Waals surface area contributed by atoms with Crippen molar-refractivity contribution < 1.29 is 23.5 Å². The van der Waals surface area contributed by atoms with E-state index in [0.29, 0.717) is 5.75 Å². The maximum Gasteiger partial charge on any atom is 0.327 e. The van der Waals surface area contributed by atoms with Crippen molar-refractivity contribution in [3.63, 3.8) is 0 Å². The third-order valence-corrected chi connectivity index (χ3v) is 3.30. The highest BCUT2D eigenvalue weighted by Gasteiger charge is 2.14. The lowest BCUT2D eigenvalue weighted by Gasteiger charge is -2.12. The Labute approximate surface area is 94.5 Å². The van der Waals surface area contributed by atoms with E-state index in [1.54, 1.807) is 12.1 Å². The van der Waals surface area contributed by atoms with Crippen LogP contribution in [-0.2, 0) is 20.2 Å². The molecule has 0 aliphatic rings. The predicted octanol–water partition coefficient (Wildman–Crippen LogP) is 2.39. The molecular weight excluding hydrogens is 231 g/mol. The van der Waals surface area contributed by atoms with Crippen molar-refractivity contribution in [3.8, 4) is 11.5 Å². The zero-order chi connectivity index (χ0) is 12.2. The summed E-state index contributed by atoms with van der Waals surface area (Å²) >= 11 is 0. The average molecular weight is 246 g/mol. The SMILES string of the molecule is COc1cc(COP(C)(=O)OC)ccc1O. The van der Waals surface area contributed by atoms with Gasteiger partial charge >= 0.3 is 7.60 Å². The number of phenols is 1. The molecule has 0 saturated heterocycles. The van der Waals surface area contributed by atoms with Crippen molar-refractivity contribution >= 4 is 7.60 Å². The third-order valence-electron chi connectivity index (χ3n) is 2.04. The predicted molar refractivity (Wildman–Crippen MR) is 60.0 cm³/mol. The van der Waals surface area contributed by atoms with E-state index >= 15 is 0 Å². The lowest BCUT2D eigenvalue weighted by molar-refractivity contribution is 0.230. The van der Waals surface area contributed by atoms with E-state index in [9.17, 15) is 9.67 Å². The number of aromatic hydroxyl groups is 1. The molecule has 1 rings (SSSR count). The molecule has 0 radical (unpaired) electrons. The second kappa shape index (κ2) is 5.34. The molecule has 1 atom stereocenters. The van der Waals surface area contributed by atoms with Gasteiger partial charge in [-0.15, -0.1) is 0 Å². The van der Waals surface area contributed by atoms with Gasteiger partial charge in [0.1, 0.15) is 0 Å². The van der Waals surface area contributed by atoms with Crippen molar-refractivity contribution in [3.05, 3.63) is 23.8 Å². The summed E-state index contributed by atoms with van der Waals surface area (Å²) in [7, 11) is -0.188. The molecule has 0 fully saturated rings. The Morgan fingerprint density at radius 3 is 2.62 bits per heavy atom. The Morgan fingerprint density at radius 2 is 2.06 bits per heavy atom. The molecule has 0 aliphatic carbocycles. The van der Waals surface area contributed by atoms with Crippen LogP contribution in [-0.4, -0.2) is 26.0 Å². The van der Waals surface area contributed by atoms with E-state index in [1.807, 2.05) is 0 Å². The third kappa shape index (κ3) is 3.52. The molecular formula is C10H15O5P. The van der Waals surface area contributed by atoms with Crippen LogP contribution in [0, 0.1) is 0 Å². The van der Waals surface area contributed by atoms with Gasteiger partial charge in [0, 0.05) is 13.8 Å². The van der Waals surface area contributed by atoms with E-state index in [0.717, 1.165) is 5.56 Å².